The SMILES string of the molecule is CC1(C)c2ccccc2-c2ccc(-c3ccc(-c4cc(-c5cccc(-c6cccc(-c7cccc8c(-c9ccccc9)nc9ccccc9c78)c6)c5)nc(-c5ccccc5)n4)cc3)cc21.c1ccc(-c2nc3ccccc3c3c(-c4cccc(-c5cccc(-c6cc(-c7cc8ccccc8c8ccccc78)nc(-c7cc8ccccc8c8ccccc78)n6)c5)c4)cccc23)cc1. The minimum absolute atomic E-state index is 0.0512. The zero-order chi connectivity index (χ0) is 87.0. The lowest BCUT2D eigenvalue weighted by molar-refractivity contribution is 0.660. The molecule has 0 saturated heterocycles. The van der Waals surface area contributed by atoms with Gasteiger partial charge in [-0.1, -0.05) is 408 Å². The third kappa shape index (κ3) is 14.0. The van der Waals surface area contributed by atoms with E-state index in [0.29, 0.717) is 11.6 Å². The summed E-state index contributed by atoms with van der Waals surface area (Å²) in [6.07, 6.45) is 0. The normalized spacial score (nSPS) is 12.1. The standard InChI is InChI=1S/C63H39N3.C62H43N3/c1-2-17-40(18-3-1)62-55-33-16-32-49(61(55)54-31-12-13-34-58(54)64-62)43-23-14-21-41(35-43)42-22-15-24-46(36-42)59-39-60(56-37-44-19-4-6-25-47(44)50-27-8-10-29-52(50)56)66-63(65-59)57-38-45-20-5-7-26-48(45)51-28-9-11-30-53(51)57;1-62(2)54-28-11-9-24-50(54)51-35-34-46(38-55(51)62)40-30-32-41(33-31-40)57-39-58(65-61(64-57)43-18-7-4-8-19-43)48-23-14-21-45(37-48)44-20-13-22-47(36-44)49-26-15-27-53-59(49)52-25-10-12-29-56(52)63-60(53)42-16-5-3-6-17-42/h1-39H;3-39H,1-2H3. The number of rotatable bonds is 13. The molecule has 25 rings (SSSR count). The fourth-order valence-corrected chi connectivity index (χ4v) is 20.1. The van der Waals surface area contributed by atoms with E-state index in [4.69, 9.17) is 29.9 Å². The van der Waals surface area contributed by atoms with Crippen LogP contribution in [0.25, 0.3) is 244 Å². The van der Waals surface area contributed by atoms with Crippen molar-refractivity contribution in [2.24, 2.45) is 0 Å². The summed E-state index contributed by atoms with van der Waals surface area (Å²) in [4.78, 5) is 31.8. The van der Waals surface area contributed by atoms with Crippen LogP contribution in [-0.2, 0) is 5.41 Å². The second-order valence-corrected chi connectivity index (χ2v) is 34.6. The van der Waals surface area contributed by atoms with Crippen LogP contribution in [0.15, 0.2) is 461 Å². The summed E-state index contributed by atoms with van der Waals surface area (Å²) in [5.41, 5.74) is 32.8. The maximum Gasteiger partial charge on any atom is 0.161 e. The summed E-state index contributed by atoms with van der Waals surface area (Å²) >= 11 is 0. The van der Waals surface area contributed by atoms with Gasteiger partial charge in [0, 0.05) is 82.2 Å². The molecule has 0 aliphatic heterocycles. The quantitative estimate of drug-likeness (QED) is 0.107. The summed E-state index contributed by atoms with van der Waals surface area (Å²) in [6, 6.07) is 165. The van der Waals surface area contributed by atoms with Gasteiger partial charge in [0.15, 0.2) is 11.6 Å². The number of aromatic nitrogens is 6. The Hall–Kier alpha value is -17.1. The molecule has 1 aliphatic rings. The number of pyridine rings is 2. The summed E-state index contributed by atoms with van der Waals surface area (Å²) in [5.74, 6) is 1.39. The van der Waals surface area contributed by atoms with Crippen molar-refractivity contribution in [1.82, 2.24) is 29.9 Å². The Kier molecular flexibility index (Phi) is 19.2. The number of nitrogens with zero attached hydrogens (tertiary/aromatic N) is 6. The minimum Gasteiger partial charge on any atom is -0.247 e. The first-order chi connectivity index (χ1) is 64.7. The van der Waals surface area contributed by atoms with Gasteiger partial charge in [-0.05, 0) is 188 Å². The molecule has 0 atom stereocenters. The highest BCUT2D eigenvalue weighted by atomic mass is 14.9. The van der Waals surface area contributed by atoms with Crippen molar-refractivity contribution in [3.8, 4) is 157 Å². The number of para-hydroxylation sites is 2. The van der Waals surface area contributed by atoms with Gasteiger partial charge in [0.1, 0.15) is 0 Å². The van der Waals surface area contributed by atoms with E-state index < -0.39 is 0 Å². The van der Waals surface area contributed by atoms with Crippen LogP contribution >= 0.6 is 0 Å². The fraction of sp³-hybridized carbons (Fsp3) is 0.0240. The molecule has 0 radical (unpaired) electrons. The molecular formula is C125H82N6. The Balaban J connectivity index is 0.000000145. The minimum atomic E-state index is -0.0512. The summed E-state index contributed by atoms with van der Waals surface area (Å²) < 4.78 is 0. The highest BCUT2D eigenvalue weighted by Crippen LogP contribution is 2.51. The molecule has 0 N–H and O–H groups in total. The number of hydrogen-bond acceptors (Lipinski definition) is 6. The Morgan fingerprint density at radius 3 is 1.03 bits per heavy atom. The van der Waals surface area contributed by atoms with Gasteiger partial charge in [-0.3, -0.25) is 0 Å². The topological polar surface area (TPSA) is 77.3 Å². The fourth-order valence-electron chi connectivity index (χ4n) is 20.1. The number of benzene rings is 20. The van der Waals surface area contributed by atoms with Crippen LogP contribution in [0.5, 0.6) is 0 Å². The number of fused-ring (bicyclic) bond motifs is 15. The third-order valence-corrected chi connectivity index (χ3v) is 26.5. The molecule has 4 aromatic heterocycles. The van der Waals surface area contributed by atoms with Crippen LogP contribution in [0.3, 0.4) is 0 Å². The molecule has 6 nitrogen and oxygen atoms in total. The smallest absolute Gasteiger partial charge is 0.161 e. The molecule has 0 bridgehead atoms. The maximum absolute atomic E-state index is 5.50. The molecule has 131 heavy (non-hydrogen) atoms. The molecule has 6 heteroatoms. The molecule has 612 valence electrons. The van der Waals surface area contributed by atoms with Crippen molar-refractivity contribution in [3.05, 3.63) is 472 Å². The Labute approximate surface area is 759 Å². The Morgan fingerprint density at radius 1 is 0.160 bits per heavy atom. The van der Waals surface area contributed by atoms with Gasteiger partial charge >= 0.3 is 0 Å². The van der Waals surface area contributed by atoms with Gasteiger partial charge in [0.25, 0.3) is 0 Å². The first-order valence-electron chi connectivity index (χ1n) is 44.8. The van der Waals surface area contributed by atoms with Gasteiger partial charge in [-0.25, -0.2) is 29.9 Å². The maximum atomic E-state index is 5.50. The van der Waals surface area contributed by atoms with Gasteiger partial charge in [-0.15, -0.1) is 0 Å². The molecule has 4 heterocycles. The van der Waals surface area contributed by atoms with E-state index >= 15 is 0 Å². The van der Waals surface area contributed by atoms with Crippen molar-refractivity contribution in [2.75, 3.05) is 0 Å². The van der Waals surface area contributed by atoms with Crippen molar-refractivity contribution >= 4 is 86.4 Å². The molecule has 1 aliphatic carbocycles. The largest absolute Gasteiger partial charge is 0.247 e. The first kappa shape index (κ1) is 77.5. The van der Waals surface area contributed by atoms with Gasteiger partial charge in [0.05, 0.1) is 45.2 Å². The van der Waals surface area contributed by atoms with Crippen molar-refractivity contribution < 1.29 is 0 Å². The molecule has 20 aromatic carbocycles. The average Bonchev–Trinajstić information content (AvgIpc) is 1.29. The molecule has 0 amide bonds. The lowest BCUT2D eigenvalue weighted by Crippen LogP contribution is -2.14. The van der Waals surface area contributed by atoms with Crippen LogP contribution in [0.1, 0.15) is 25.0 Å². The third-order valence-electron chi connectivity index (χ3n) is 26.5. The highest BCUT2D eigenvalue weighted by Gasteiger charge is 2.35. The van der Waals surface area contributed by atoms with Crippen LogP contribution in [-0.4, -0.2) is 29.9 Å². The molecule has 0 spiro atoms. The summed E-state index contributed by atoms with van der Waals surface area (Å²) in [5, 5.41) is 16.4. The molecular weight excluding hydrogens is 1590 g/mol. The summed E-state index contributed by atoms with van der Waals surface area (Å²) in [7, 11) is 0. The lowest BCUT2D eigenvalue weighted by atomic mass is 9.81. The monoisotopic (exact) mass is 1670 g/mol. The van der Waals surface area contributed by atoms with Gasteiger partial charge in [0.2, 0.25) is 0 Å². The molecule has 24 aromatic rings. The zero-order valence-electron chi connectivity index (χ0n) is 72.1. The van der Waals surface area contributed by atoms with Crippen molar-refractivity contribution in [3.63, 3.8) is 0 Å². The first-order valence-corrected chi connectivity index (χ1v) is 44.8. The van der Waals surface area contributed by atoms with Gasteiger partial charge in [-0.2, -0.15) is 0 Å². The van der Waals surface area contributed by atoms with Crippen LogP contribution in [0.2, 0.25) is 0 Å². The van der Waals surface area contributed by atoms with E-state index in [9.17, 15) is 0 Å². The second kappa shape index (κ2) is 32.4. The Morgan fingerprint density at radius 2 is 0.496 bits per heavy atom. The average molecular weight is 1670 g/mol. The van der Waals surface area contributed by atoms with E-state index in [1.54, 1.807) is 0 Å². The van der Waals surface area contributed by atoms with Crippen LogP contribution in [0, 0.1) is 0 Å². The highest BCUT2D eigenvalue weighted by molar-refractivity contribution is 6.20. The van der Waals surface area contributed by atoms with E-state index in [1.165, 1.54) is 82.2 Å². The van der Waals surface area contributed by atoms with Crippen LogP contribution < -0.4 is 0 Å². The van der Waals surface area contributed by atoms with E-state index in [-0.39, 0.29) is 5.41 Å². The van der Waals surface area contributed by atoms with E-state index in [2.05, 4.69) is 457 Å². The molecule has 0 saturated carbocycles. The predicted molar refractivity (Wildman–Crippen MR) is 548 cm³/mol. The summed E-state index contributed by atoms with van der Waals surface area (Å²) in [6.45, 7) is 4.67. The van der Waals surface area contributed by atoms with Crippen molar-refractivity contribution in [2.45, 2.75) is 19.3 Å². The van der Waals surface area contributed by atoms with E-state index in [0.717, 1.165) is 161 Å². The van der Waals surface area contributed by atoms with E-state index in [1.807, 2.05) is 18.2 Å². The zero-order valence-corrected chi connectivity index (χ0v) is 72.1. The predicted octanol–water partition coefficient (Wildman–Crippen LogP) is 32.9. The second-order valence-electron chi connectivity index (χ2n) is 34.6. The van der Waals surface area contributed by atoms with Gasteiger partial charge < -0.3 is 0 Å². The Bertz CT molecular complexity index is 8540. The lowest BCUT2D eigenvalue weighted by Gasteiger charge is -2.22. The molecule has 0 fully saturated rings. The number of hydrogen-bond donors (Lipinski definition) is 0. The molecule has 0 unspecified atom stereocenters. The van der Waals surface area contributed by atoms with Crippen LogP contribution in [0.4, 0.5) is 0 Å². The van der Waals surface area contributed by atoms with Crippen molar-refractivity contribution in [1.29, 1.82) is 0 Å².